The fourth-order valence-corrected chi connectivity index (χ4v) is 2.05. The lowest BCUT2D eigenvalue weighted by molar-refractivity contribution is -0.136. The molecule has 0 bridgehead atoms. The fourth-order valence-electron chi connectivity index (χ4n) is 1.05. The second-order valence-corrected chi connectivity index (χ2v) is 4.11. The summed E-state index contributed by atoms with van der Waals surface area (Å²) in [7, 11) is 0. The number of carboxylic acid groups (broad SMARTS) is 1. The maximum Gasteiger partial charge on any atom is 0.317 e. The number of carbonyl (C=O) groups is 1. The summed E-state index contributed by atoms with van der Waals surface area (Å²) >= 11 is 1.34. The van der Waals surface area contributed by atoms with E-state index in [4.69, 9.17) is 10.8 Å². The summed E-state index contributed by atoms with van der Waals surface area (Å²) < 4.78 is 0. The van der Waals surface area contributed by atoms with E-state index in [0.717, 1.165) is 4.90 Å². The summed E-state index contributed by atoms with van der Waals surface area (Å²) in [4.78, 5) is 11.8. The second-order valence-electron chi connectivity index (χ2n) is 2.84. The van der Waals surface area contributed by atoms with E-state index in [1.165, 1.54) is 11.8 Å². The standard InChI is InChI=1S/C10H13NO2S/c11-7-6-9(10(12)13)14-8-4-2-1-3-5-8/h1-5,9H,6-7,11H2,(H,12,13). The first kappa shape index (κ1) is 11.1. The predicted molar refractivity (Wildman–Crippen MR) is 57.4 cm³/mol. The van der Waals surface area contributed by atoms with Crippen molar-refractivity contribution < 1.29 is 9.90 Å². The molecule has 1 atom stereocenters. The maximum absolute atomic E-state index is 10.8. The van der Waals surface area contributed by atoms with Crippen molar-refractivity contribution in [2.24, 2.45) is 5.73 Å². The van der Waals surface area contributed by atoms with Gasteiger partial charge in [0.15, 0.2) is 0 Å². The Hall–Kier alpha value is -1.00. The quantitative estimate of drug-likeness (QED) is 0.726. The SMILES string of the molecule is NCCC(Sc1ccccc1)C(=O)O. The van der Waals surface area contributed by atoms with Gasteiger partial charge in [-0.15, -0.1) is 11.8 Å². The van der Waals surface area contributed by atoms with Crippen LogP contribution in [0, 0.1) is 0 Å². The Labute approximate surface area is 87.3 Å². The van der Waals surface area contributed by atoms with E-state index < -0.39 is 11.2 Å². The number of hydrogen-bond donors (Lipinski definition) is 2. The Balaban J connectivity index is 2.60. The van der Waals surface area contributed by atoms with Crippen molar-refractivity contribution in [2.45, 2.75) is 16.6 Å². The molecule has 0 saturated carbocycles. The fraction of sp³-hybridized carbons (Fsp3) is 0.300. The number of hydrogen-bond acceptors (Lipinski definition) is 3. The Morgan fingerprint density at radius 2 is 2.07 bits per heavy atom. The summed E-state index contributed by atoms with van der Waals surface area (Å²) in [6, 6.07) is 9.49. The van der Waals surface area contributed by atoms with Gasteiger partial charge in [0.1, 0.15) is 5.25 Å². The van der Waals surface area contributed by atoms with Gasteiger partial charge in [-0.3, -0.25) is 4.79 Å². The zero-order valence-corrected chi connectivity index (χ0v) is 8.54. The molecule has 0 saturated heterocycles. The molecule has 1 rings (SSSR count). The molecule has 0 radical (unpaired) electrons. The molecule has 0 spiro atoms. The topological polar surface area (TPSA) is 63.3 Å². The summed E-state index contributed by atoms with van der Waals surface area (Å²) in [5, 5.41) is 8.45. The molecule has 1 aromatic carbocycles. The van der Waals surface area contributed by atoms with Crippen LogP contribution in [0.15, 0.2) is 35.2 Å². The monoisotopic (exact) mass is 211 g/mol. The Morgan fingerprint density at radius 3 is 2.57 bits per heavy atom. The Bertz CT molecular complexity index is 289. The molecule has 1 aromatic rings. The lowest BCUT2D eigenvalue weighted by atomic mass is 10.3. The highest BCUT2D eigenvalue weighted by Gasteiger charge is 2.17. The lowest BCUT2D eigenvalue weighted by Gasteiger charge is -2.09. The Kier molecular flexibility index (Phi) is 4.49. The lowest BCUT2D eigenvalue weighted by Crippen LogP contribution is -2.20. The van der Waals surface area contributed by atoms with Crippen molar-refractivity contribution >= 4 is 17.7 Å². The van der Waals surface area contributed by atoms with Crippen molar-refractivity contribution in [1.82, 2.24) is 0 Å². The van der Waals surface area contributed by atoms with Crippen LogP contribution in [0.1, 0.15) is 6.42 Å². The molecule has 0 aliphatic rings. The predicted octanol–water partition coefficient (Wildman–Crippen LogP) is 1.58. The molecule has 3 nitrogen and oxygen atoms in total. The van der Waals surface area contributed by atoms with Crippen LogP contribution in [0.5, 0.6) is 0 Å². The minimum atomic E-state index is -0.802. The number of thioether (sulfide) groups is 1. The highest BCUT2D eigenvalue weighted by Crippen LogP contribution is 2.24. The first-order valence-electron chi connectivity index (χ1n) is 4.38. The number of nitrogens with two attached hydrogens (primary N) is 1. The molecule has 76 valence electrons. The van der Waals surface area contributed by atoms with Gasteiger partial charge in [0.25, 0.3) is 0 Å². The van der Waals surface area contributed by atoms with Crippen molar-refractivity contribution in [3.63, 3.8) is 0 Å². The molecule has 14 heavy (non-hydrogen) atoms. The van der Waals surface area contributed by atoms with E-state index in [0.29, 0.717) is 13.0 Å². The minimum absolute atomic E-state index is 0.400. The third kappa shape index (κ3) is 3.40. The third-order valence-corrected chi connectivity index (χ3v) is 2.99. The largest absolute Gasteiger partial charge is 0.480 e. The average Bonchev–Trinajstić information content (AvgIpc) is 2.18. The first-order valence-corrected chi connectivity index (χ1v) is 5.26. The third-order valence-electron chi connectivity index (χ3n) is 1.73. The molecule has 3 N–H and O–H groups in total. The van der Waals surface area contributed by atoms with Crippen LogP contribution in [0.2, 0.25) is 0 Å². The summed E-state index contributed by atoms with van der Waals surface area (Å²) in [5.74, 6) is -0.802. The molecule has 4 heteroatoms. The van der Waals surface area contributed by atoms with Crippen LogP contribution in [0.25, 0.3) is 0 Å². The molecule has 0 aromatic heterocycles. The van der Waals surface area contributed by atoms with Crippen LogP contribution in [0.3, 0.4) is 0 Å². The highest BCUT2D eigenvalue weighted by molar-refractivity contribution is 8.00. The first-order chi connectivity index (χ1) is 6.74. The van der Waals surface area contributed by atoms with Gasteiger partial charge >= 0.3 is 5.97 Å². The highest BCUT2D eigenvalue weighted by atomic mass is 32.2. The summed E-state index contributed by atoms with van der Waals surface area (Å²) in [6.45, 7) is 0.400. The zero-order chi connectivity index (χ0) is 10.4. The molecule has 1 unspecified atom stereocenters. The van der Waals surface area contributed by atoms with Crippen molar-refractivity contribution in [3.8, 4) is 0 Å². The van der Waals surface area contributed by atoms with Crippen LogP contribution in [-0.2, 0) is 4.79 Å². The smallest absolute Gasteiger partial charge is 0.317 e. The normalized spacial score (nSPS) is 12.4. The van der Waals surface area contributed by atoms with E-state index in [2.05, 4.69) is 0 Å². The zero-order valence-electron chi connectivity index (χ0n) is 7.72. The van der Waals surface area contributed by atoms with Gasteiger partial charge in [-0.1, -0.05) is 18.2 Å². The van der Waals surface area contributed by atoms with E-state index in [9.17, 15) is 4.79 Å². The van der Waals surface area contributed by atoms with Crippen LogP contribution >= 0.6 is 11.8 Å². The van der Waals surface area contributed by atoms with E-state index in [-0.39, 0.29) is 0 Å². The number of aliphatic carboxylic acids is 1. The molecule has 0 heterocycles. The van der Waals surface area contributed by atoms with Gasteiger partial charge in [0.2, 0.25) is 0 Å². The molecule has 0 aliphatic carbocycles. The van der Waals surface area contributed by atoms with E-state index in [1.54, 1.807) is 0 Å². The van der Waals surface area contributed by atoms with Gasteiger partial charge in [0.05, 0.1) is 0 Å². The van der Waals surface area contributed by atoms with Gasteiger partial charge in [-0.2, -0.15) is 0 Å². The molecular weight excluding hydrogens is 198 g/mol. The van der Waals surface area contributed by atoms with Crippen LogP contribution in [0.4, 0.5) is 0 Å². The summed E-state index contributed by atoms with van der Waals surface area (Å²) in [5.41, 5.74) is 5.34. The van der Waals surface area contributed by atoms with Crippen molar-refractivity contribution in [3.05, 3.63) is 30.3 Å². The van der Waals surface area contributed by atoms with E-state index in [1.807, 2.05) is 30.3 Å². The number of benzene rings is 1. The van der Waals surface area contributed by atoms with Crippen LogP contribution in [-0.4, -0.2) is 22.9 Å². The molecule has 0 amide bonds. The van der Waals surface area contributed by atoms with Crippen molar-refractivity contribution in [1.29, 1.82) is 0 Å². The maximum atomic E-state index is 10.8. The van der Waals surface area contributed by atoms with Crippen LogP contribution < -0.4 is 5.73 Å². The van der Waals surface area contributed by atoms with E-state index >= 15 is 0 Å². The number of carboxylic acids is 1. The second kappa shape index (κ2) is 5.67. The Morgan fingerprint density at radius 1 is 1.43 bits per heavy atom. The van der Waals surface area contributed by atoms with Crippen molar-refractivity contribution in [2.75, 3.05) is 6.54 Å². The van der Waals surface area contributed by atoms with Gasteiger partial charge in [0, 0.05) is 4.90 Å². The van der Waals surface area contributed by atoms with Gasteiger partial charge in [-0.25, -0.2) is 0 Å². The molecule has 0 aliphatic heterocycles. The number of rotatable bonds is 5. The average molecular weight is 211 g/mol. The minimum Gasteiger partial charge on any atom is -0.480 e. The van der Waals surface area contributed by atoms with Gasteiger partial charge in [-0.05, 0) is 25.1 Å². The summed E-state index contributed by atoms with van der Waals surface area (Å²) in [6.07, 6.45) is 0.495. The molecular formula is C10H13NO2S. The van der Waals surface area contributed by atoms with Gasteiger partial charge < -0.3 is 10.8 Å². The molecule has 0 fully saturated rings.